The van der Waals surface area contributed by atoms with Crippen molar-refractivity contribution in [2.75, 3.05) is 0 Å². The highest BCUT2D eigenvalue weighted by atomic mass is 16.4. The molecule has 8 heteroatoms. The highest BCUT2D eigenvalue weighted by Crippen LogP contribution is 2.36. The zero-order chi connectivity index (χ0) is 26.1. The van der Waals surface area contributed by atoms with Crippen LogP contribution in [0.5, 0.6) is 0 Å². The second-order valence-electron chi connectivity index (χ2n) is 8.45. The predicted octanol–water partition coefficient (Wildman–Crippen LogP) is 4.82. The van der Waals surface area contributed by atoms with E-state index in [0.717, 1.165) is 24.2 Å². The summed E-state index contributed by atoms with van der Waals surface area (Å²) in [5.41, 5.74) is 19.1. The highest BCUT2D eigenvalue weighted by molar-refractivity contribution is 6.08. The molecule has 1 aromatic heterocycles. The second kappa shape index (κ2) is 12.3. The van der Waals surface area contributed by atoms with Gasteiger partial charge in [0.2, 0.25) is 0 Å². The van der Waals surface area contributed by atoms with Crippen molar-refractivity contribution < 1.29 is 9.90 Å². The molecule has 1 aliphatic rings. The van der Waals surface area contributed by atoms with E-state index < -0.39 is 5.97 Å². The Balaban J connectivity index is 0.000000176. The molecule has 9 N–H and O–H groups in total. The first-order valence-electron chi connectivity index (χ1n) is 11.6. The first-order valence-corrected chi connectivity index (χ1v) is 11.6. The first-order chi connectivity index (χ1) is 17.3. The van der Waals surface area contributed by atoms with Gasteiger partial charge in [0, 0.05) is 18.4 Å². The minimum atomic E-state index is -0.833. The van der Waals surface area contributed by atoms with Gasteiger partial charge in [0.05, 0.1) is 11.7 Å². The maximum Gasteiger partial charge on any atom is 0.300 e. The lowest BCUT2D eigenvalue weighted by Gasteiger charge is -2.24. The summed E-state index contributed by atoms with van der Waals surface area (Å²) in [5, 5.41) is 26.8. The molecule has 186 valence electrons. The van der Waals surface area contributed by atoms with Gasteiger partial charge >= 0.3 is 0 Å². The number of nitrogens with one attached hydrogen (secondary N) is 2. The molecule has 0 radical (unpaired) electrons. The normalized spacial score (nSPS) is 13.8. The highest BCUT2D eigenvalue weighted by Gasteiger charge is 2.19. The Bertz CT molecular complexity index is 1430. The number of para-hydroxylation sites is 1. The molecule has 0 saturated heterocycles. The Morgan fingerprint density at radius 1 is 0.944 bits per heavy atom. The summed E-state index contributed by atoms with van der Waals surface area (Å²) >= 11 is 0. The van der Waals surface area contributed by atoms with E-state index in [-0.39, 0.29) is 12.0 Å². The Morgan fingerprint density at radius 2 is 1.56 bits per heavy atom. The average molecular weight is 485 g/mol. The summed E-state index contributed by atoms with van der Waals surface area (Å²) < 4.78 is 0. The van der Waals surface area contributed by atoms with E-state index in [0.29, 0.717) is 0 Å². The van der Waals surface area contributed by atoms with Crippen molar-refractivity contribution in [3.63, 3.8) is 0 Å². The lowest BCUT2D eigenvalue weighted by Crippen LogP contribution is -2.20. The standard InChI is InChI=1S/C18H17N.C7H6N2.C2H4O2.CH5N3/c19-18-7-3-6-14-16-9-8-12-4-1-2-5-13(12)15(16)10-11-17(14)18;1-2-4-7-6(3-1)5-8-9-7;1-2(3)4;2-1(3)4/h1-2,4-5,8-11,18H,3,6-7,19H2;1-5H,(H,8,9);1H3,(H,3,4);(H5,2,3,4). The lowest BCUT2D eigenvalue weighted by atomic mass is 9.84. The number of carboxylic acid groups (broad SMARTS) is 1. The number of rotatable bonds is 0. The third kappa shape index (κ3) is 6.80. The van der Waals surface area contributed by atoms with E-state index in [4.69, 9.17) is 21.0 Å². The van der Waals surface area contributed by atoms with Gasteiger partial charge < -0.3 is 22.3 Å². The number of hydrogen-bond acceptors (Lipinski definition) is 4. The SMILES string of the molecule is CC(=O)O.N=C(N)N.NC1CCCc2c1ccc1c2ccc2ccccc21.c1ccc2[nH]ncc2c1. The average Bonchev–Trinajstić information content (AvgIpc) is 3.33. The van der Waals surface area contributed by atoms with Crippen molar-refractivity contribution in [3.8, 4) is 0 Å². The molecular formula is C28H32N6O2. The van der Waals surface area contributed by atoms with Crippen molar-refractivity contribution in [3.05, 3.63) is 90.1 Å². The zero-order valence-corrected chi connectivity index (χ0v) is 20.2. The van der Waals surface area contributed by atoms with E-state index in [9.17, 15) is 0 Å². The molecule has 0 fully saturated rings. The number of carboxylic acids is 1. The third-order valence-electron chi connectivity index (χ3n) is 5.76. The molecule has 8 nitrogen and oxygen atoms in total. The summed E-state index contributed by atoms with van der Waals surface area (Å²) in [6.45, 7) is 1.08. The lowest BCUT2D eigenvalue weighted by molar-refractivity contribution is -0.134. The molecule has 0 amide bonds. The van der Waals surface area contributed by atoms with Crippen molar-refractivity contribution in [1.29, 1.82) is 5.41 Å². The summed E-state index contributed by atoms with van der Waals surface area (Å²) in [7, 11) is 0. The van der Waals surface area contributed by atoms with E-state index in [1.165, 1.54) is 45.5 Å². The monoisotopic (exact) mass is 484 g/mol. The second-order valence-corrected chi connectivity index (χ2v) is 8.45. The number of carbonyl (C=O) groups is 1. The van der Waals surface area contributed by atoms with Crippen molar-refractivity contribution in [2.45, 2.75) is 32.2 Å². The number of aliphatic carboxylic acids is 1. The van der Waals surface area contributed by atoms with Gasteiger partial charge in [-0.1, -0.05) is 66.7 Å². The van der Waals surface area contributed by atoms with Gasteiger partial charge in [-0.05, 0) is 58.0 Å². The van der Waals surface area contributed by atoms with E-state index in [2.05, 4.69) is 70.2 Å². The molecule has 1 heterocycles. The number of aromatic nitrogens is 2. The van der Waals surface area contributed by atoms with Crippen LogP contribution in [-0.4, -0.2) is 27.2 Å². The topological polar surface area (TPSA) is 168 Å². The fourth-order valence-corrected chi connectivity index (χ4v) is 4.33. The van der Waals surface area contributed by atoms with E-state index in [1.807, 2.05) is 30.5 Å². The minimum absolute atomic E-state index is 0.222. The smallest absolute Gasteiger partial charge is 0.300 e. The zero-order valence-electron chi connectivity index (χ0n) is 20.2. The van der Waals surface area contributed by atoms with Crippen LogP contribution in [0.3, 0.4) is 0 Å². The molecule has 1 aliphatic carbocycles. The van der Waals surface area contributed by atoms with Crippen molar-refractivity contribution in [1.82, 2.24) is 10.2 Å². The molecule has 0 aliphatic heterocycles. The number of guanidine groups is 1. The van der Waals surface area contributed by atoms with Crippen LogP contribution in [-0.2, 0) is 11.2 Å². The van der Waals surface area contributed by atoms with Crippen LogP contribution < -0.4 is 17.2 Å². The number of nitrogens with two attached hydrogens (primary N) is 3. The van der Waals surface area contributed by atoms with Gasteiger partial charge in [-0.25, -0.2) is 0 Å². The number of aryl methyl sites for hydroxylation is 1. The number of hydrogen-bond donors (Lipinski definition) is 6. The van der Waals surface area contributed by atoms with Crippen LogP contribution >= 0.6 is 0 Å². The molecular weight excluding hydrogens is 452 g/mol. The molecule has 1 unspecified atom stereocenters. The summed E-state index contributed by atoms with van der Waals surface area (Å²) in [4.78, 5) is 9.00. The maximum atomic E-state index is 9.00. The van der Waals surface area contributed by atoms with Gasteiger partial charge in [-0.3, -0.25) is 15.3 Å². The molecule has 4 aromatic carbocycles. The Labute approximate surface area is 209 Å². The van der Waals surface area contributed by atoms with Crippen molar-refractivity contribution >= 4 is 44.4 Å². The summed E-state index contributed by atoms with van der Waals surface area (Å²) in [5.74, 6) is -1.17. The van der Waals surface area contributed by atoms with Crippen LogP contribution in [0.4, 0.5) is 0 Å². The number of nitrogens with zero attached hydrogens (tertiary/aromatic N) is 1. The van der Waals surface area contributed by atoms with Crippen molar-refractivity contribution in [2.24, 2.45) is 17.2 Å². The molecule has 6 rings (SSSR count). The fraction of sp³-hybridized carbons (Fsp3) is 0.179. The predicted molar refractivity (Wildman–Crippen MR) is 147 cm³/mol. The Hall–Kier alpha value is -4.43. The van der Waals surface area contributed by atoms with Gasteiger partial charge in [0.1, 0.15) is 0 Å². The van der Waals surface area contributed by atoms with Crippen LogP contribution in [0.1, 0.15) is 36.9 Å². The van der Waals surface area contributed by atoms with Crippen LogP contribution in [0.25, 0.3) is 32.4 Å². The first kappa shape index (κ1) is 26.2. The molecule has 0 spiro atoms. The largest absolute Gasteiger partial charge is 0.481 e. The van der Waals surface area contributed by atoms with Gasteiger partial charge in [-0.2, -0.15) is 5.10 Å². The number of aromatic amines is 1. The fourth-order valence-electron chi connectivity index (χ4n) is 4.33. The summed E-state index contributed by atoms with van der Waals surface area (Å²) in [6.07, 6.45) is 5.31. The molecule has 0 bridgehead atoms. The Kier molecular flexibility index (Phi) is 8.96. The quantitative estimate of drug-likeness (QED) is 0.105. The molecule has 5 aromatic rings. The van der Waals surface area contributed by atoms with Crippen LogP contribution in [0.2, 0.25) is 0 Å². The van der Waals surface area contributed by atoms with E-state index in [1.54, 1.807) is 0 Å². The van der Waals surface area contributed by atoms with Gasteiger partial charge in [0.25, 0.3) is 5.97 Å². The van der Waals surface area contributed by atoms with Gasteiger partial charge in [0.15, 0.2) is 5.96 Å². The number of H-pyrrole nitrogens is 1. The summed E-state index contributed by atoms with van der Waals surface area (Å²) in [6, 6.07) is 25.9. The Morgan fingerprint density at radius 3 is 2.25 bits per heavy atom. The minimum Gasteiger partial charge on any atom is -0.481 e. The third-order valence-corrected chi connectivity index (χ3v) is 5.76. The molecule has 1 atom stereocenters. The maximum absolute atomic E-state index is 9.00. The van der Waals surface area contributed by atoms with Crippen LogP contribution in [0.15, 0.2) is 79.0 Å². The van der Waals surface area contributed by atoms with Gasteiger partial charge in [-0.15, -0.1) is 0 Å². The van der Waals surface area contributed by atoms with E-state index >= 15 is 0 Å². The van der Waals surface area contributed by atoms with Crippen LogP contribution in [0, 0.1) is 5.41 Å². The number of benzene rings is 4. The number of fused-ring (bicyclic) bond motifs is 6. The molecule has 36 heavy (non-hydrogen) atoms. The molecule has 0 saturated carbocycles.